The van der Waals surface area contributed by atoms with E-state index in [1.54, 1.807) is 29.6 Å². The number of amides is 2. The Bertz CT molecular complexity index is 955. The van der Waals surface area contributed by atoms with Gasteiger partial charge in [0.25, 0.3) is 0 Å². The first-order valence-corrected chi connectivity index (χ1v) is 11.5. The Morgan fingerprint density at radius 1 is 1.21 bits per heavy atom. The molecule has 0 radical (unpaired) electrons. The summed E-state index contributed by atoms with van der Waals surface area (Å²) in [4.78, 5) is 28.4. The third-order valence-electron chi connectivity index (χ3n) is 3.72. The van der Waals surface area contributed by atoms with Crippen molar-refractivity contribution in [3.63, 3.8) is 0 Å². The Morgan fingerprint density at radius 2 is 1.86 bits per heavy atom. The summed E-state index contributed by atoms with van der Waals surface area (Å²) in [5, 5.41) is 7.41. The normalized spacial score (nSPS) is 12.3. The Kier molecular flexibility index (Phi) is 7.57. The fourth-order valence-corrected chi connectivity index (χ4v) is 3.77. The van der Waals surface area contributed by atoms with Gasteiger partial charge in [0.1, 0.15) is 6.04 Å². The largest absolute Gasteiger partial charge is 0.453 e. The number of methoxy groups -OCH3 is 1. The fourth-order valence-electron chi connectivity index (χ4n) is 2.48. The van der Waals surface area contributed by atoms with Gasteiger partial charge in [-0.15, -0.1) is 11.3 Å². The zero-order valence-electron chi connectivity index (χ0n) is 16.6. The SMILES string of the molecule is COC(=O)NC(CC(C)C)C(=O)Nc1nc(-c2ccc(NS(C)(=O)=O)cc2)cs1. The number of aromatic nitrogens is 1. The number of alkyl carbamates (subject to hydrolysis) is 1. The third-order valence-corrected chi connectivity index (χ3v) is 5.08. The van der Waals surface area contributed by atoms with Crippen LogP contribution in [-0.4, -0.2) is 44.8 Å². The number of thiazole rings is 1. The first-order valence-electron chi connectivity index (χ1n) is 8.76. The van der Waals surface area contributed by atoms with E-state index in [0.717, 1.165) is 11.8 Å². The Morgan fingerprint density at radius 3 is 2.41 bits per heavy atom. The van der Waals surface area contributed by atoms with E-state index in [0.29, 0.717) is 22.9 Å². The van der Waals surface area contributed by atoms with Crippen molar-refractivity contribution in [3.8, 4) is 11.3 Å². The average Bonchev–Trinajstić information content (AvgIpc) is 3.08. The number of rotatable bonds is 8. The predicted molar refractivity (Wildman–Crippen MR) is 113 cm³/mol. The molecule has 2 amide bonds. The predicted octanol–water partition coefficient (Wildman–Crippen LogP) is 2.89. The summed E-state index contributed by atoms with van der Waals surface area (Å²) >= 11 is 1.25. The molecule has 9 nitrogen and oxygen atoms in total. The minimum Gasteiger partial charge on any atom is -0.453 e. The van der Waals surface area contributed by atoms with E-state index in [2.05, 4.69) is 25.1 Å². The first kappa shape index (κ1) is 22.6. The summed E-state index contributed by atoms with van der Waals surface area (Å²) in [5.74, 6) is -0.188. The van der Waals surface area contributed by atoms with Gasteiger partial charge >= 0.3 is 6.09 Å². The average molecular weight is 441 g/mol. The van der Waals surface area contributed by atoms with E-state index in [1.165, 1.54) is 18.4 Å². The van der Waals surface area contributed by atoms with E-state index in [1.807, 2.05) is 13.8 Å². The molecule has 0 fully saturated rings. The van der Waals surface area contributed by atoms with Crippen LogP contribution in [0.1, 0.15) is 20.3 Å². The maximum atomic E-state index is 12.5. The minimum atomic E-state index is -3.34. The number of benzene rings is 1. The van der Waals surface area contributed by atoms with Crippen molar-refractivity contribution in [2.75, 3.05) is 23.4 Å². The molecule has 0 bridgehead atoms. The molecule has 1 unspecified atom stereocenters. The molecule has 0 saturated carbocycles. The number of hydrogen-bond donors (Lipinski definition) is 3. The van der Waals surface area contributed by atoms with E-state index in [9.17, 15) is 18.0 Å². The number of carbonyl (C=O) groups excluding carboxylic acids is 2. The molecular weight excluding hydrogens is 416 g/mol. The summed E-state index contributed by atoms with van der Waals surface area (Å²) in [6.07, 6.45) is 0.861. The molecule has 2 rings (SSSR count). The van der Waals surface area contributed by atoms with Crippen LogP contribution in [0.15, 0.2) is 29.6 Å². The maximum Gasteiger partial charge on any atom is 0.407 e. The molecule has 11 heteroatoms. The number of ether oxygens (including phenoxy) is 1. The highest BCUT2D eigenvalue weighted by Crippen LogP contribution is 2.26. The molecule has 1 heterocycles. The van der Waals surface area contributed by atoms with E-state index in [-0.39, 0.29) is 11.8 Å². The number of hydrogen-bond acceptors (Lipinski definition) is 7. The lowest BCUT2D eigenvalue weighted by molar-refractivity contribution is -0.118. The summed E-state index contributed by atoms with van der Waals surface area (Å²) in [6, 6.07) is 5.99. The molecule has 1 aromatic heterocycles. The zero-order valence-corrected chi connectivity index (χ0v) is 18.2. The molecule has 1 atom stereocenters. The van der Waals surface area contributed by atoms with E-state index in [4.69, 9.17) is 0 Å². The van der Waals surface area contributed by atoms with Crippen LogP contribution in [0.25, 0.3) is 11.3 Å². The molecule has 1 aromatic carbocycles. The van der Waals surface area contributed by atoms with Crippen LogP contribution in [0, 0.1) is 5.92 Å². The Labute approximate surface area is 173 Å². The van der Waals surface area contributed by atoms with Crippen LogP contribution in [0.3, 0.4) is 0 Å². The molecule has 29 heavy (non-hydrogen) atoms. The number of nitrogens with zero attached hydrogens (tertiary/aromatic N) is 1. The molecule has 0 aliphatic carbocycles. The summed E-state index contributed by atoms with van der Waals surface area (Å²) in [7, 11) is -2.10. The van der Waals surface area contributed by atoms with Gasteiger partial charge < -0.3 is 15.4 Å². The molecule has 158 valence electrons. The number of sulfonamides is 1. The van der Waals surface area contributed by atoms with Gasteiger partial charge in [-0.3, -0.25) is 9.52 Å². The van der Waals surface area contributed by atoms with Crippen molar-refractivity contribution >= 4 is 44.2 Å². The van der Waals surface area contributed by atoms with Gasteiger partial charge in [0.2, 0.25) is 15.9 Å². The second-order valence-electron chi connectivity index (χ2n) is 6.80. The highest BCUT2D eigenvalue weighted by molar-refractivity contribution is 7.92. The topological polar surface area (TPSA) is 126 Å². The lowest BCUT2D eigenvalue weighted by Gasteiger charge is -2.18. The van der Waals surface area contributed by atoms with Gasteiger partial charge in [0, 0.05) is 16.6 Å². The van der Waals surface area contributed by atoms with Crippen LogP contribution in [-0.2, 0) is 19.6 Å². The van der Waals surface area contributed by atoms with Crippen molar-refractivity contribution in [3.05, 3.63) is 29.6 Å². The van der Waals surface area contributed by atoms with Gasteiger partial charge in [0.05, 0.1) is 19.1 Å². The molecule has 3 N–H and O–H groups in total. The summed E-state index contributed by atoms with van der Waals surface area (Å²) in [6.45, 7) is 3.89. The smallest absolute Gasteiger partial charge is 0.407 e. The van der Waals surface area contributed by atoms with Crippen LogP contribution in [0.2, 0.25) is 0 Å². The zero-order chi connectivity index (χ0) is 21.6. The van der Waals surface area contributed by atoms with Crippen molar-refractivity contribution in [1.82, 2.24) is 10.3 Å². The number of carbonyl (C=O) groups is 2. The Hall–Kier alpha value is -2.66. The third kappa shape index (κ3) is 7.35. The second-order valence-corrected chi connectivity index (χ2v) is 9.40. The van der Waals surface area contributed by atoms with Crippen LogP contribution >= 0.6 is 11.3 Å². The summed E-state index contributed by atoms with van der Waals surface area (Å²) in [5.41, 5.74) is 1.86. The van der Waals surface area contributed by atoms with Crippen molar-refractivity contribution < 1.29 is 22.7 Å². The van der Waals surface area contributed by atoms with Crippen LogP contribution in [0.5, 0.6) is 0 Å². The van der Waals surface area contributed by atoms with Crippen molar-refractivity contribution in [2.45, 2.75) is 26.3 Å². The van der Waals surface area contributed by atoms with Crippen molar-refractivity contribution in [1.29, 1.82) is 0 Å². The van der Waals surface area contributed by atoms with Gasteiger partial charge in [-0.25, -0.2) is 18.2 Å². The quantitative estimate of drug-likeness (QED) is 0.579. The Balaban J connectivity index is 2.08. The molecule has 0 aliphatic rings. The standard InChI is InChI=1S/C18H24N4O5S2/c1-11(2)9-14(20-18(24)27-3)16(23)21-17-19-15(10-28-17)12-5-7-13(8-6-12)22-29(4,25)26/h5-8,10-11,14,22H,9H2,1-4H3,(H,20,24)(H,19,21,23). The minimum absolute atomic E-state index is 0.189. The van der Waals surface area contributed by atoms with Crippen LogP contribution < -0.4 is 15.4 Å². The van der Waals surface area contributed by atoms with Gasteiger partial charge in [0.15, 0.2) is 5.13 Å². The summed E-state index contributed by atoms with van der Waals surface area (Å²) < 4.78 is 29.5. The van der Waals surface area contributed by atoms with E-state index >= 15 is 0 Å². The molecule has 0 spiro atoms. The number of anilines is 2. The first-order chi connectivity index (χ1) is 13.6. The second kappa shape index (κ2) is 9.70. The molecule has 2 aromatic rings. The molecule has 0 saturated heterocycles. The van der Waals surface area contributed by atoms with E-state index < -0.39 is 22.2 Å². The van der Waals surface area contributed by atoms with Gasteiger partial charge in [-0.1, -0.05) is 26.0 Å². The van der Waals surface area contributed by atoms with Gasteiger partial charge in [-0.05, 0) is 24.5 Å². The molecular formula is C18H24N4O5S2. The highest BCUT2D eigenvalue weighted by Gasteiger charge is 2.23. The number of nitrogens with one attached hydrogen (secondary N) is 3. The van der Waals surface area contributed by atoms with Gasteiger partial charge in [-0.2, -0.15) is 0 Å². The highest BCUT2D eigenvalue weighted by atomic mass is 32.2. The lowest BCUT2D eigenvalue weighted by atomic mass is 10.0. The maximum absolute atomic E-state index is 12.5. The fraction of sp³-hybridized carbons (Fsp3) is 0.389. The monoisotopic (exact) mass is 440 g/mol. The molecule has 0 aliphatic heterocycles. The lowest BCUT2D eigenvalue weighted by Crippen LogP contribution is -2.44. The van der Waals surface area contributed by atoms with Crippen LogP contribution in [0.4, 0.5) is 15.6 Å². The van der Waals surface area contributed by atoms with Crippen molar-refractivity contribution in [2.24, 2.45) is 5.92 Å².